The van der Waals surface area contributed by atoms with E-state index in [4.69, 9.17) is 9.47 Å². The van der Waals surface area contributed by atoms with Gasteiger partial charge in [-0.2, -0.15) is 0 Å². The van der Waals surface area contributed by atoms with Crippen LogP contribution in [-0.2, 0) is 20.9 Å². The van der Waals surface area contributed by atoms with E-state index in [-0.39, 0.29) is 18.4 Å². The summed E-state index contributed by atoms with van der Waals surface area (Å²) >= 11 is 0. The Morgan fingerprint density at radius 1 is 0.971 bits per heavy atom. The lowest BCUT2D eigenvalue weighted by Gasteiger charge is -2.31. The SMILES string of the molecule is COCCNC(=O)C(c1ccccc1)N(C(=O)Cn1nnc2ccccc21)c1ccc(OC)cc1. The maximum absolute atomic E-state index is 13.9. The number of para-hydroxylation sites is 1. The average molecular weight is 474 g/mol. The molecule has 1 N–H and O–H groups in total. The van der Waals surface area contributed by atoms with Gasteiger partial charge >= 0.3 is 0 Å². The molecule has 0 saturated heterocycles. The van der Waals surface area contributed by atoms with E-state index in [2.05, 4.69) is 15.6 Å². The minimum Gasteiger partial charge on any atom is -0.497 e. The maximum Gasteiger partial charge on any atom is 0.249 e. The molecule has 2 amide bonds. The van der Waals surface area contributed by atoms with Crippen molar-refractivity contribution in [3.05, 3.63) is 84.4 Å². The van der Waals surface area contributed by atoms with Gasteiger partial charge in [-0.1, -0.05) is 47.7 Å². The van der Waals surface area contributed by atoms with Crippen LogP contribution in [0.5, 0.6) is 5.75 Å². The first-order valence-corrected chi connectivity index (χ1v) is 11.2. The molecule has 0 aliphatic rings. The molecule has 9 heteroatoms. The van der Waals surface area contributed by atoms with Crippen LogP contribution < -0.4 is 15.0 Å². The molecule has 180 valence electrons. The number of hydrogen-bond donors (Lipinski definition) is 1. The highest BCUT2D eigenvalue weighted by Crippen LogP contribution is 2.30. The number of nitrogens with one attached hydrogen (secondary N) is 1. The fourth-order valence-electron chi connectivity index (χ4n) is 3.84. The Morgan fingerprint density at radius 3 is 2.40 bits per heavy atom. The molecule has 0 aliphatic heterocycles. The summed E-state index contributed by atoms with van der Waals surface area (Å²) in [5.74, 6) is 0.00616. The monoisotopic (exact) mass is 473 g/mol. The van der Waals surface area contributed by atoms with E-state index in [1.807, 2.05) is 54.6 Å². The molecular weight excluding hydrogens is 446 g/mol. The third-order valence-electron chi connectivity index (χ3n) is 5.55. The lowest BCUT2D eigenvalue weighted by atomic mass is 10.0. The highest BCUT2D eigenvalue weighted by molar-refractivity contribution is 6.01. The van der Waals surface area contributed by atoms with Crippen LogP contribution in [0.25, 0.3) is 11.0 Å². The van der Waals surface area contributed by atoms with Crippen molar-refractivity contribution in [2.24, 2.45) is 0 Å². The number of carbonyl (C=O) groups excluding carboxylic acids is 2. The van der Waals surface area contributed by atoms with Crippen LogP contribution in [0.15, 0.2) is 78.9 Å². The van der Waals surface area contributed by atoms with E-state index in [9.17, 15) is 9.59 Å². The van der Waals surface area contributed by atoms with Gasteiger partial charge in [0.05, 0.1) is 19.2 Å². The van der Waals surface area contributed by atoms with Crippen molar-refractivity contribution in [1.29, 1.82) is 0 Å². The molecule has 0 radical (unpaired) electrons. The first-order valence-electron chi connectivity index (χ1n) is 11.2. The average Bonchev–Trinajstić information content (AvgIpc) is 3.30. The summed E-state index contributed by atoms with van der Waals surface area (Å²) in [7, 11) is 3.14. The van der Waals surface area contributed by atoms with Gasteiger partial charge in [0.1, 0.15) is 23.9 Å². The number of benzene rings is 3. The summed E-state index contributed by atoms with van der Waals surface area (Å²) in [6.07, 6.45) is 0. The molecule has 1 aromatic heterocycles. The summed E-state index contributed by atoms with van der Waals surface area (Å²) in [5.41, 5.74) is 2.65. The Hall–Kier alpha value is -4.24. The third-order valence-corrected chi connectivity index (χ3v) is 5.55. The van der Waals surface area contributed by atoms with E-state index >= 15 is 0 Å². The van der Waals surface area contributed by atoms with Gasteiger partial charge in [0.15, 0.2) is 0 Å². The van der Waals surface area contributed by atoms with Gasteiger partial charge in [-0.3, -0.25) is 14.5 Å². The van der Waals surface area contributed by atoms with Crippen molar-refractivity contribution < 1.29 is 19.1 Å². The second-order valence-corrected chi connectivity index (χ2v) is 7.79. The molecule has 1 unspecified atom stereocenters. The molecule has 0 fully saturated rings. The number of carbonyl (C=O) groups is 2. The van der Waals surface area contributed by atoms with Crippen LogP contribution in [0, 0.1) is 0 Å². The highest BCUT2D eigenvalue weighted by atomic mass is 16.5. The summed E-state index contributed by atoms with van der Waals surface area (Å²) in [6.45, 7) is 0.576. The van der Waals surface area contributed by atoms with Crippen molar-refractivity contribution in [2.75, 3.05) is 32.3 Å². The van der Waals surface area contributed by atoms with E-state index in [1.165, 1.54) is 4.90 Å². The highest BCUT2D eigenvalue weighted by Gasteiger charge is 2.33. The zero-order valence-electron chi connectivity index (χ0n) is 19.6. The number of hydrogen-bond acceptors (Lipinski definition) is 6. The molecule has 4 rings (SSSR count). The fourth-order valence-corrected chi connectivity index (χ4v) is 3.84. The van der Waals surface area contributed by atoms with Crippen LogP contribution in [0.3, 0.4) is 0 Å². The Kier molecular flexibility index (Phi) is 7.69. The van der Waals surface area contributed by atoms with Gasteiger partial charge in [0.25, 0.3) is 0 Å². The zero-order chi connectivity index (χ0) is 24.6. The largest absolute Gasteiger partial charge is 0.497 e. The van der Waals surface area contributed by atoms with Crippen LogP contribution in [0.2, 0.25) is 0 Å². The zero-order valence-corrected chi connectivity index (χ0v) is 19.6. The lowest BCUT2D eigenvalue weighted by Crippen LogP contribution is -2.46. The summed E-state index contributed by atoms with van der Waals surface area (Å²) in [6, 6.07) is 22.7. The molecule has 1 atom stereocenters. The number of fused-ring (bicyclic) bond motifs is 1. The molecule has 0 bridgehead atoms. The standard InChI is InChI=1S/C26H27N5O4/c1-34-17-16-27-26(33)25(19-8-4-3-5-9-19)31(20-12-14-21(35-2)15-13-20)24(32)18-30-23-11-7-6-10-22(23)28-29-30/h3-15,25H,16-18H2,1-2H3,(H,27,33). The van der Waals surface area contributed by atoms with E-state index in [1.54, 1.807) is 43.2 Å². The van der Waals surface area contributed by atoms with Gasteiger partial charge < -0.3 is 14.8 Å². The third kappa shape index (κ3) is 5.47. The van der Waals surface area contributed by atoms with Crippen molar-refractivity contribution >= 4 is 28.5 Å². The number of methoxy groups -OCH3 is 2. The van der Waals surface area contributed by atoms with Crippen molar-refractivity contribution in [3.63, 3.8) is 0 Å². The number of rotatable bonds is 10. The first kappa shape index (κ1) is 23.9. The van der Waals surface area contributed by atoms with E-state index < -0.39 is 6.04 Å². The lowest BCUT2D eigenvalue weighted by molar-refractivity contribution is -0.127. The number of ether oxygens (including phenoxy) is 2. The topological polar surface area (TPSA) is 98.6 Å². The number of amides is 2. The number of aromatic nitrogens is 3. The second-order valence-electron chi connectivity index (χ2n) is 7.79. The summed E-state index contributed by atoms with van der Waals surface area (Å²) in [5, 5.41) is 11.2. The quantitative estimate of drug-likeness (QED) is 0.356. The normalized spacial score (nSPS) is 11.7. The van der Waals surface area contributed by atoms with Crippen LogP contribution >= 0.6 is 0 Å². The van der Waals surface area contributed by atoms with Crippen LogP contribution in [0.4, 0.5) is 5.69 Å². The minimum absolute atomic E-state index is 0.0960. The molecule has 1 heterocycles. The molecule has 4 aromatic rings. The minimum atomic E-state index is -0.913. The van der Waals surface area contributed by atoms with Gasteiger partial charge in [-0.15, -0.1) is 5.10 Å². The van der Waals surface area contributed by atoms with Gasteiger partial charge in [0.2, 0.25) is 11.8 Å². The second kappa shape index (κ2) is 11.3. The molecule has 0 spiro atoms. The van der Waals surface area contributed by atoms with E-state index in [0.29, 0.717) is 35.7 Å². The molecule has 3 aromatic carbocycles. The van der Waals surface area contributed by atoms with Crippen LogP contribution in [0.1, 0.15) is 11.6 Å². The Labute approximate surface area is 203 Å². The molecule has 0 aliphatic carbocycles. The van der Waals surface area contributed by atoms with E-state index in [0.717, 1.165) is 5.52 Å². The maximum atomic E-state index is 13.9. The fraction of sp³-hybridized carbons (Fsp3) is 0.231. The van der Waals surface area contributed by atoms with Crippen LogP contribution in [-0.4, -0.2) is 54.2 Å². The van der Waals surface area contributed by atoms with Gasteiger partial charge in [-0.25, -0.2) is 4.68 Å². The Bertz CT molecular complexity index is 1270. The van der Waals surface area contributed by atoms with Gasteiger partial charge in [-0.05, 0) is 42.0 Å². The molecular formula is C26H27N5O4. The Morgan fingerprint density at radius 2 is 1.69 bits per heavy atom. The van der Waals surface area contributed by atoms with Crippen molar-refractivity contribution in [1.82, 2.24) is 20.3 Å². The number of anilines is 1. The predicted octanol–water partition coefficient (Wildman–Crippen LogP) is 2.98. The summed E-state index contributed by atoms with van der Waals surface area (Å²) < 4.78 is 11.9. The molecule has 0 saturated carbocycles. The first-order chi connectivity index (χ1) is 17.1. The number of nitrogens with zero attached hydrogens (tertiary/aromatic N) is 4. The predicted molar refractivity (Wildman–Crippen MR) is 132 cm³/mol. The smallest absolute Gasteiger partial charge is 0.249 e. The van der Waals surface area contributed by atoms with Crippen molar-refractivity contribution in [2.45, 2.75) is 12.6 Å². The molecule has 35 heavy (non-hydrogen) atoms. The van der Waals surface area contributed by atoms with Crippen molar-refractivity contribution in [3.8, 4) is 5.75 Å². The molecule has 9 nitrogen and oxygen atoms in total. The Balaban J connectivity index is 1.75. The van der Waals surface area contributed by atoms with Gasteiger partial charge in [0, 0.05) is 19.3 Å². The summed E-state index contributed by atoms with van der Waals surface area (Å²) in [4.78, 5) is 28.8.